The lowest BCUT2D eigenvalue weighted by molar-refractivity contribution is 0.0956. The molecule has 5 rings (SSSR count). The molecule has 0 saturated carbocycles. The molecule has 5 aromatic rings. The lowest BCUT2D eigenvalue weighted by Crippen LogP contribution is -2.18. The van der Waals surface area contributed by atoms with Crippen LogP contribution in [0, 0.1) is 18.5 Å². The van der Waals surface area contributed by atoms with E-state index in [0.717, 1.165) is 46.2 Å². The van der Waals surface area contributed by atoms with E-state index in [4.69, 9.17) is 15.0 Å². The number of para-hydroxylation sites is 1. The van der Waals surface area contributed by atoms with E-state index < -0.39 is 0 Å². The number of carbonyl (C=O) groups excluding carboxylic acids is 1. The molecule has 0 fully saturated rings. The fourth-order valence-electron chi connectivity index (χ4n) is 3.97. The normalized spacial score (nSPS) is 10.9. The number of carbonyl (C=O) groups is 1. The Morgan fingerprint density at radius 3 is 2.36 bits per heavy atom. The molecule has 1 N–H and O–H groups in total. The first-order chi connectivity index (χ1) is 19.0. The molecule has 0 spiro atoms. The second-order valence-corrected chi connectivity index (χ2v) is 10.9. The van der Waals surface area contributed by atoms with Crippen LogP contribution in [0.25, 0.3) is 22.2 Å². The lowest BCUT2D eigenvalue weighted by Gasteiger charge is -2.11. The molecule has 6 nitrogen and oxygen atoms in total. The van der Waals surface area contributed by atoms with E-state index in [2.05, 4.69) is 61.8 Å². The van der Waals surface area contributed by atoms with Gasteiger partial charge in [-0.05, 0) is 92.7 Å². The molecule has 0 aliphatic heterocycles. The van der Waals surface area contributed by atoms with Crippen molar-refractivity contribution in [2.75, 3.05) is 0 Å². The fraction of sp³-hybridized carbons (Fsp3) is 0.0323. The molecule has 8 heteroatoms. The molecule has 4 aromatic carbocycles. The second kappa shape index (κ2) is 12.4. The van der Waals surface area contributed by atoms with Crippen LogP contribution < -0.4 is 10.2 Å². The average Bonchev–Trinajstić information content (AvgIpc) is 2.97. The number of nitrogens with zero attached hydrogens (tertiary/aromatic N) is 3. The van der Waals surface area contributed by atoms with E-state index in [1.165, 1.54) is 0 Å². The highest BCUT2D eigenvalue weighted by molar-refractivity contribution is 14.1. The Labute approximate surface area is 253 Å². The third kappa shape index (κ3) is 6.43. The minimum Gasteiger partial charge on any atom is -0.487 e. The zero-order valence-electron chi connectivity index (χ0n) is 20.4. The standard InChI is InChI=1S/C31H20I2N4O2/c32-26-14-22(15-27(33)30(26)39-19-21-12-10-20(17-34)11-13-21)18-35-37-31(38)25-16-29(23-6-2-1-3-7-23)36-28-9-5-4-8-24(25)28/h1-16,18H,19H2,(H,37,38)/b35-18-. The fourth-order valence-corrected chi connectivity index (χ4v) is 6.10. The van der Waals surface area contributed by atoms with Crippen molar-refractivity contribution in [2.45, 2.75) is 6.61 Å². The van der Waals surface area contributed by atoms with Crippen molar-refractivity contribution < 1.29 is 9.53 Å². The van der Waals surface area contributed by atoms with E-state index in [9.17, 15) is 4.79 Å². The quantitative estimate of drug-likeness (QED) is 0.108. The molecule has 0 aliphatic carbocycles. The highest BCUT2D eigenvalue weighted by Crippen LogP contribution is 2.29. The van der Waals surface area contributed by atoms with Crippen molar-refractivity contribution in [1.82, 2.24) is 10.4 Å². The third-order valence-corrected chi connectivity index (χ3v) is 7.50. The third-order valence-electron chi connectivity index (χ3n) is 5.90. The summed E-state index contributed by atoms with van der Waals surface area (Å²) in [6.07, 6.45) is 1.62. The number of pyridine rings is 1. The number of nitrogens with one attached hydrogen (secondary N) is 1. The number of aromatic nitrogens is 1. The number of amides is 1. The number of hydrogen-bond acceptors (Lipinski definition) is 5. The Hall–Kier alpha value is -3.82. The first-order valence-corrected chi connectivity index (χ1v) is 14.1. The maximum Gasteiger partial charge on any atom is 0.272 e. The van der Waals surface area contributed by atoms with Crippen LogP contribution in [0.5, 0.6) is 5.75 Å². The van der Waals surface area contributed by atoms with Crippen LogP contribution in [0.3, 0.4) is 0 Å². The lowest BCUT2D eigenvalue weighted by atomic mass is 10.0. The second-order valence-electron chi connectivity index (χ2n) is 8.55. The number of halogens is 2. The van der Waals surface area contributed by atoms with Gasteiger partial charge in [0.05, 0.1) is 41.8 Å². The van der Waals surface area contributed by atoms with Crippen LogP contribution in [0.1, 0.15) is 27.0 Å². The maximum atomic E-state index is 13.2. The van der Waals surface area contributed by atoms with Crippen LogP contribution in [-0.4, -0.2) is 17.1 Å². The van der Waals surface area contributed by atoms with Gasteiger partial charge in [0.1, 0.15) is 12.4 Å². The molecule has 0 aliphatic rings. The van der Waals surface area contributed by atoms with Gasteiger partial charge in [0.2, 0.25) is 0 Å². The summed E-state index contributed by atoms with van der Waals surface area (Å²) < 4.78 is 7.90. The number of ether oxygens (including phenoxy) is 1. The molecule has 1 heterocycles. The zero-order valence-corrected chi connectivity index (χ0v) is 24.8. The minimum atomic E-state index is -0.311. The van der Waals surface area contributed by atoms with Gasteiger partial charge in [-0.1, -0.05) is 60.7 Å². The van der Waals surface area contributed by atoms with Crippen molar-refractivity contribution in [1.29, 1.82) is 5.26 Å². The van der Waals surface area contributed by atoms with Crippen LogP contribution in [0.2, 0.25) is 0 Å². The van der Waals surface area contributed by atoms with E-state index in [-0.39, 0.29) is 5.91 Å². The van der Waals surface area contributed by atoms with Crippen molar-refractivity contribution in [3.8, 4) is 23.1 Å². The SMILES string of the molecule is N#Cc1ccc(COc2c(I)cc(/C=N\NC(=O)c3cc(-c4ccccc4)nc4ccccc34)cc2I)cc1. The Kier molecular flexibility index (Phi) is 8.48. The summed E-state index contributed by atoms with van der Waals surface area (Å²) in [4.78, 5) is 17.9. The largest absolute Gasteiger partial charge is 0.487 e. The smallest absolute Gasteiger partial charge is 0.272 e. The molecule has 1 aromatic heterocycles. The Morgan fingerprint density at radius 2 is 1.64 bits per heavy atom. The van der Waals surface area contributed by atoms with Gasteiger partial charge in [-0.25, -0.2) is 10.4 Å². The molecule has 0 unspecified atom stereocenters. The summed E-state index contributed by atoms with van der Waals surface area (Å²) >= 11 is 4.46. The van der Waals surface area contributed by atoms with Gasteiger partial charge in [0.15, 0.2) is 0 Å². The Balaban J connectivity index is 1.31. The monoisotopic (exact) mass is 734 g/mol. The van der Waals surface area contributed by atoms with Gasteiger partial charge in [-0.3, -0.25) is 4.79 Å². The first-order valence-electron chi connectivity index (χ1n) is 11.9. The number of benzene rings is 4. The highest BCUT2D eigenvalue weighted by atomic mass is 127. The molecule has 1 amide bonds. The summed E-state index contributed by atoms with van der Waals surface area (Å²) in [5.41, 5.74) is 8.02. The van der Waals surface area contributed by atoms with Crippen molar-refractivity contribution >= 4 is 68.2 Å². The van der Waals surface area contributed by atoms with Crippen LogP contribution in [0.15, 0.2) is 102 Å². The Morgan fingerprint density at radius 1 is 0.949 bits per heavy atom. The van der Waals surface area contributed by atoms with Gasteiger partial charge < -0.3 is 4.74 Å². The summed E-state index contributed by atoms with van der Waals surface area (Å²) in [6, 6.07) is 32.5. The van der Waals surface area contributed by atoms with Gasteiger partial charge in [-0.15, -0.1) is 0 Å². The molecule has 0 radical (unpaired) electrons. The summed E-state index contributed by atoms with van der Waals surface area (Å²) in [5.74, 6) is 0.465. The first kappa shape index (κ1) is 26.8. The molecular weight excluding hydrogens is 714 g/mol. The van der Waals surface area contributed by atoms with E-state index in [1.54, 1.807) is 24.4 Å². The summed E-state index contributed by atoms with van der Waals surface area (Å²) in [7, 11) is 0. The number of rotatable bonds is 7. The maximum absolute atomic E-state index is 13.2. The van der Waals surface area contributed by atoms with Gasteiger partial charge in [0, 0.05) is 10.9 Å². The van der Waals surface area contributed by atoms with Crippen molar-refractivity contribution in [3.05, 3.63) is 126 Å². The number of nitriles is 1. The van der Waals surface area contributed by atoms with Crippen molar-refractivity contribution in [2.24, 2.45) is 5.10 Å². The minimum absolute atomic E-state index is 0.311. The number of hydrazone groups is 1. The van der Waals surface area contributed by atoms with Crippen LogP contribution in [0.4, 0.5) is 0 Å². The highest BCUT2D eigenvalue weighted by Gasteiger charge is 2.14. The molecule has 0 saturated heterocycles. The van der Waals surface area contributed by atoms with E-state index in [1.807, 2.05) is 78.9 Å². The molecule has 39 heavy (non-hydrogen) atoms. The predicted octanol–water partition coefficient (Wildman–Crippen LogP) is 7.33. The molecular formula is C31H20I2N4O2. The number of hydrogen-bond donors (Lipinski definition) is 1. The van der Waals surface area contributed by atoms with Gasteiger partial charge in [-0.2, -0.15) is 10.4 Å². The zero-order chi connectivity index (χ0) is 27.2. The Bertz CT molecular complexity index is 1710. The topological polar surface area (TPSA) is 87.4 Å². The van der Waals surface area contributed by atoms with Gasteiger partial charge >= 0.3 is 0 Å². The van der Waals surface area contributed by atoms with Crippen LogP contribution in [-0.2, 0) is 6.61 Å². The molecule has 190 valence electrons. The average molecular weight is 734 g/mol. The predicted molar refractivity (Wildman–Crippen MR) is 170 cm³/mol. The van der Waals surface area contributed by atoms with E-state index >= 15 is 0 Å². The van der Waals surface area contributed by atoms with E-state index in [0.29, 0.717) is 17.7 Å². The number of fused-ring (bicyclic) bond motifs is 1. The summed E-state index contributed by atoms with van der Waals surface area (Å²) in [6.45, 7) is 0.395. The van der Waals surface area contributed by atoms with Crippen molar-refractivity contribution in [3.63, 3.8) is 0 Å². The molecule has 0 bridgehead atoms. The molecule has 0 atom stereocenters. The summed E-state index contributed by atoms with van der Waals surface area (Å²) in [5, 5.41) is 14.0. The van der Waals surface area contributed by atoms with Gasteiger partial charge in [0.25, 0.3) is 5.91 Å². The van der Waals surface area contributed by atoms with Crippen LogP contribution >= 0.6 is 45.2 Å².